The van der Waals surface area contributed by atoms with Crippen LogP contribution in [0.1, 0.15) is 145 Å². The predicted molar refractivity (Wildman–Crippen MR) is 305 cm³/mol. The monoisotopic (exact) mass is 1020 g/mol. The molecule has 0 spiro atoms. The van der Waals surface area contributed by atoms with E-state index in [9.17, 15) is 4.79 Å². The summed E-state index contributed by atoms with van der Waals surface area (Å²) in [5.74, 6) is -0.642. The van der Waals surface area contributed by atoms with E-state index in [2.05, 4.69) is 172 Å². The SMILES string of the molecule is CCCN(CCC)c1ccc(C(=CC2(C=C(c3ccc(N(CCC)CCC)cc3)c3ccc(N(CCC)CCC)cc3)OC(=O)c3c(Cl)c(Cl)c(Cl)c(Cl)c32)c2ccc(N(CCC)CCC)cc2)cc1. The highest BCUT2D eigenvalue weighted by Crippen LogP contribution is 2.54. The lowest BCUT2D eigenvalue weighted by Crippen LogP contribution is -2.25. The molecule has 0 fully saturated rings. The van der Waals surface area contributed by atoms with Crippen molar-refractivity contribution in [3.05, 3.63) is 163 Å². The Morgan fingerprint density at radius 3 is 0.886 bits per heavy atom. The topological polar surface area (TPSA) is 39.3 Å². The van der Waals surface area contributed by atoms with Gasteiger partial charge in [0.25, 0.3) is 0 Å². The summed E-state index contributed by atoms with van der Waals surface area (Å²) in [4.78, 5) is 24.4. The van der Waals surface area contributed by atoms with Gasteiger partial charge in [-0.05, 0) is 145 Å². The normalized spacial score (nSPS) is 12.6. The van der Waals surface area contributed by atoms with Gasteiger partial charge in [0.1, 0.15) is 0 Å². The Morgan fingerprint density at radius 2 is 0.643 bits per heavy atom. The van der Waals surface area contributed by atoms with Crippen LogP contribution in [0.25, 0.3) is 11.1 Å². The Balaban J connectivity index is 1.70. The molecule has 0 radical (unpaired) electrons. The fraction of sp³-hybridized carbons (Fsp3) is 0.417. The molecule has 0 amide bonds. The number of cyclic esters (lactones) is 1. The third kappa shape index (κ3) is 12.5. The molecule has 1 aliphatic heterocycles. The van der Waals surface area contributed by atoms with E-state index in [1.165, 1.54) is 0 Å². The van der Waals surface area contributed by atoms with Gasteiger partial charge in [0.2, 0.25) is 0 Å². The quantitative estimate of drug-likeness (QED) is 0.0312. The van der Waals surface area contributed by atoms with Crippen molar-refractivity contribution >= 4 is 86.3 Å². The zero-order valence-electron chi connectivity index (χ0n) is 42.8. The number of carbonyl (C=O) groups is 1. The molecule has 6 rings (SSSR count). The Hall–Kier alpha value is -4.59. The van der Waals surface area contributed by atoms with Crippen molar-refractivity contribution in [2.24, 2.45) is 0 Å². The number of benzene rings is 5. The summed E-state index contributed by atoms with van der Waals surface area (Å²) < 4.78 is 6.83. The molecule has 5 aromatic rings. The number of anilines is 4. The maximum absolute atomic E-state index is 14.6. The number of fused-ring (bicyclic) bond motifs is 1. The number of ether oxygens (including phenoxy) is 1. The second-order valence-electron chi connectivity index (χ2n) is 18.4. The molecule has 1 heterocycles. The Labute approximate surface area is 440 Å². The average molecular weight is 1030 g/mol. The van der Waals surface area contributed by atoms with Crippen molar-refractivity contribution in [2.45, 2.75) is 112 Å². The number of halogens is 4. The van der Waals surface area contributed by atoms with Gasteiger partial charge in [0.15, 0.2) is 5.60 Å². The standard InChI is InChI=1S/C60H74Cl4N4O2/c1-9-33-65(34-10-2)47-25-17-43(18-26-47)51(44-19-27-48(28-20-44)66(35-11-3)36-12-4)41-60(54-53(59(69)70-60)55(61)57(63)58(64)56(54)62)42-52(45-21-29-49(30-22-45)67(37-13-5)38-14-6)46-23-31-50(32-24-46)68(39-15-7)40-16-8/h17-32,41-42H,9-16,33-40H2,1-8H3. The van der Waals surface area contributed by atoms with Gasteiger partial charge in [-0.2, -0.15) is 0 Å². The van der Waals surface area contributed by atoms with Gasteiger partial charge in [-0.1, -0.05) is 150 Å². The molecule has 0 aliphatic carbocycles. The average Bonchev–Trinajstić information content (AvgIpc) is 3.67. The van der Waals surface area contributed by atoms with Crippen LogP contribution in [0.2, 0.25) is 20.1 Å². The van der Waals surface area contributed by atoms with Crippen molar-refractivity contribution in [1.82, 2.24) is 0 Å². The Kier molecular flexibility index (Phi) is 20.5. The van der Waals surface area contributed by atoms with E-state index in [0.717, 1.165) is 160 Å². The van der Waals surface area contributed by atoms with Crippen LogP contribution >= 0.6 is 46.4 Å². The first-order valence-electron chi connectivity index (χ1n) is 25.9. The summed E-state index contributed by atoms with van der Waals surface area (Å²) in [7, 11) is 0. The van der Waals surface area contributed by atoms with Gasteiger partial charge in [-0.15, -0.1) is 0 Å². The van der Waals surface area contributed by atoms with E-state index >= 15 is 0 Å². The lowest BCUT2D eigenvalue weighted by Gasteiger charge is -2.29. The first-order valence-corrected chi connectivity index (χ1v) is 27.4. The summed E-state index contributed by atoms with van der Waals surface area (Å²) in [5, 5.41) is 0.168. The third-order valence-electron chi connectivity index (χ3n) is 13.0. The van der Waals surface area contributed by atoms with Crippen molar-refractivity contribution in [1.29, 1.82) is 0 Å². The van der Waals surface area contributed by atoms with Crippen molar-refractivity contribution in [3.8, 4) is 0 Å². The van der Waals surface area contributed by atoms with Crippen LogP contribution in [0, 0.1) is 0 Å². The highest BCUT2D eigenvalue weighted by Gasteiger charge is 2.48. The molecule has 374 valence electrons. The maximum Gasteiger partial charge on any atom is 0.341 e. The zero-order chi connectivity index (χ0) is 50.4. The van der Waals surface area contributed by atoms with E-state index in [1.54, 1.807) is 0 Å². The molecule has 70 heavy (non-hydrogen) atoms. The number of carbonyl (C=O) groups excluding carboxylic acids is 1. The molecule has 0 atom stereocenters. The first-order chi connectivity index (χ1) is 33.9. The van der Waals surface area contributed by atoms with Crippen LogP contribution in [0.3, 0.4) is 0 Å². The van der Waals surface area contributed by atoms with Gasteiger partial charge in [0.05, 0.1) is 25.7 Å². The van der Waals surface area contributed by atoms with E-state index in [0.29, 0.717) is 5.56 Å². The second-order valence-corrected chi connectivity index (χ2v) is 20.0. The van der Waals surface area contributed by atoms with Crippen LogP contribution < -0.4 is 19.6 Å². The fourth-order valence-corrected chi connectivity index (χ4v) is 10.9. The Bertz CT molecular complexity index is 2260. The number of rotatable bonds is 26. The predicted octanol–water partition coefficient (Wildman–Crippen LogP) is 17.4. The minimum Gasteiger partial charge on any atom is -0.442 e. The summed E-state index contributed by atoms with van der Waals surface area (Å²) in [6.07, 6.45) is 12.4. The molecule has 0 saturated heterocycles. The zero-order valence-corrected chi connectivity index (χ0v) is 45.8. The van der Waals surface area contributed by atoms with Gasteiger partial charge in [0, 0.05) is 80.7 Å². The van der Waals surface area contributed by atoms with E-state index in [1.807, 2.05) is 12.2 Å². The number of nitrogens with zero attached hydrogens (tertiary/aromatic N) is 4. The Morgan fingerprint density at radius 1 is 0.400 bits per heavy atom. The van der Waals surface area contributed by atoms with Crippen molar-refractivity contribution in [2.75, 3.05) is 72.0 Å². The van der Waals surface area contributed by atoms with Crippen LogP contribution in [-0.2, 0) is 10.3 Å². The molecule has 0 unspecified atom stereocenters. The molecular formula is C60H74Cl4N4O2. The van der Waals surface area contributed by atoms with Gasteiger partial charge in [-0.25, -0.2) is 4.79 Å². The van der Waals surface area contributed by atoms with E-state index in [-0.39, 0.29) is 25.7 Å². The highest BCUT2D eigenvalue weighted by atomic mass is 35.5. The fourth-order valence-electron chi connectivity index (χ4n) is 9.83. The number of hydrogen-bond acceptors (Lipinski definition) is 6. The second kappa shape index (κ2) is 26.2. The smallest absolute Gasteiger partial charge is 0.341 e. The van der Waals surface area contributed by atoms with Crippen LogP contribution in [0.5, 0.6) is 0 Å². The summed E-state index contributed by atoms with van der Waals surface area (Å²) in [6.45, 7) is 25.4. The molecule has 0 aromatic heterocycles. The minimum absolute atomic E-state index is 0.00279. The maximum atomic E-state index is 14.6. The summed E-state index contributed by atoms with van der Waals surface area (Å²) >= 11 is 28.2. The van der Waals surface area contributed by atoms with Gasteiger partial charge < -0.3 is 24.3 Å². The number of esters is 1. The highest BCUT2D eigenvalue weighted by molar-refractivity contribution is 6.53. The first kappa shape index (κ1) is 54.7. The van der Waals surface area contributed by atoms with E-state index < -0.39 is 11.6 Å². The lowest BCUT2D eigenvalue weighted by atomic mass is 9.83. The van der Waals surface area contributed by atoms with Crippen LogP contribution in [-0.4, -0.2) is 58.3 Å². The summed E-state index contributed by atoms with van der Waals surface area (Å²) in [5.41, 5.74) is 8.89. The third-order valence-corrected chi connectivity index (χ3v) is 14.8. The molecule has 10 heteroatoms. The van der Waals surface area contributed by atoms with Crippen molar-refractivity contribution < 1.29 is 9.53 Å². The van der Waals surface area contributed by atoms with Crippen LogP contribution in [0.4, 0.5) is 22.7 Å². The summed E-state index contributed by atoms with van der Waals surface area (Å²) in [6, 6.07) is 34.9. The lowest BCUT2D eigenvalue weighted by molar-refractivity contribution is 0.0300. The molecule has 1 aliphatic rings. The van der Waals surface area contributed by atoms with Crippen LogP contribution in [0.15, 0.2) is 109 Å². The molecule has 6 nitrogen and oxygen atoms in total. The largest absolute Gasteiger partial charge is 0.442 e. The molecule has 0 N–H and O–H groups in total. The number of hydrogen-bond donors (Lipinski definition) is 0. The molecular weight excluding hydrogens is 950 g/mol. The molecule has 0 saturated carbocycles. The van der Waals surface area contributed by atoms with Crippen molar-refractivity contribution in [3.63, 3.8) is 0 Å². The van der Waals surface area contributed by atoms with Gasteiger partial charge >= 0.3 is 5.97 Å². The molecule has 0 bridgehead atoms. The van der Waals surface area contributed by atoms with E-state index in [4.69, 9.17) is 51.1 Å². The minimum atomic E-state index is -1.62. The van der Waals surface area contributed by atoms with Gasteiger partial charge in [-0.3, -0.25) is 0 Å². The molecule has 5 aromatic carbocycles.